The van der Waals surface area contributed by atoms with Crippen molar-refractivity contribution in [3.8, 4) is 16.8 Å². The van der Waals surface area contributed by atoms with E-state index in [1.54, 1.807) is 66.4 Å². The SMILES string of the molecule is CC(C)(C)OC(=O)Nc1ccc(Cl)cc1-c1cc2n(c(=O)c1)C(c1cn(-c3ccc(N)cc3)nn1)CC2. The third-order valence-corrected chi connectivity index (χ3v) is 6.31. The van der Waals surface area contributed by atoms with Crippen molar-refractivity contribution in [2.24, 2.45) is 0 Å². The average molecular weight is 519 g/mol. The van der Waals surface area contributed by atoms with Gasteiger partial charge in [0.1, 0.15) is 11.3 Å². The van der Waals surface area contributed by atoms with E-state index in [4.69, 9.17) is 22.1 Å². The molecule has 0 bridgehead atoms. The topological polar surface area (TPSA) is 117 Å². The first-order valence-corrected chi connectivity index (χ1v) is 12.3. The van der Waals surface area contributed by atoms with Gasteiger partial charge in [-0.25, -0.2) is 9.48 Å². The van der Waals surface area contributed by atoms with Crippen molar-refractivity contribution in [2.75, 3.05) is 11.1 Å². The Morgan fingerprint density at radius 2 is 1.89 bits per heavy atom. The molecule has 0 saturated heterocycles. The summed E-state index contributed by atoms with van der Waals surface area (Å²) in [6.07, 6.45) is 2.67. The first-order valence-electron chi connectivity index (χ1n) is 11.9. The number of nitrogen functional groups attached to an aromatic ring is 1. The van der Waals surface area contributed by atoms with Crippen molar-refractivity contribution in [3.05, 3.63) is 87.6 Å². The minimum Gasteiger partial charge on any atom is -0.444 e. The number of hydrogen-bond donors (Lipinski definition) is 2. The highest BCUT2D eigenvalue weighted by atomic mass is 35.5. The number of carbonyl (C=O) groups is 1. The number of aryl methyl sites for hydroxylation is 1. The maximum absolute atomic E-state index is 13.4. The number of amides is 1. The van der Waals surface area contributed by atoms with E-state index < -0.39 is 11.7 Å². The lowest BCUT2D eigenvalue weighted by atomic mass is 10.0. The lowest BCUT2D eigenvalue weighted by Gasteiger charge is -2.21. The molecule has 1 aliphatic heterocycles. The van der Waals surface area contributed by atoms with E-state index in [-0.39, 0.29) is 11.6 Å². The van der Waals surface area contributed by atoms with Crippen molar-refractivity contribution in [1.82, 2.24) is 19.6 Å². The van der Waals surface area contributed by atoms with Crippen molar-refractivity contribution in [1.29, 1.82) is 0 Å². The van der Waals surface area contributed by atoms with E-state index in [2.05, 4.69) is 15.6 Å². The van der Waals surface area contributed by atoms with Gasteiger partial charge >= 0.3 is 6.09 Å². The number of aromatic nitrogens is 4. The number of carbonyl (C=O) groups excluding carboxylic acids is 1. The lowest BCUT2D eigenvalue weighted by molar-refractivity contribution is 0.0636. The van der Waals surface area contributed by atoms with Gasteiger partial charge in [0.25, 0.3) is 5.56 Å². The molecule has 0 fully saturated rings. The summed E-state index contributed by atoms with van der Waals surface area (Å²) >= 11 is 6.28. The Kier molecular flexibility index (Phi) is 6.25. The zero-order chi connectivity index (χ0) is 26.3. The minimum atomic E-state index is -0.645. The summed E-state index contributed by atoms with van der Waals surface area (Å²) in [6.45, 7) is 5.38. The molecule has 37 heavy (non-hydrogen) atoms. The third kappa shape index (κ3) is 5.22. The normalized spacial score (nSPS) is 14.9. The van der Waals surface area contributed by atoms with E-state index in [0.717, 1.165) is 17.8 Å². The molecule has 190 valence electrons. The van der Waals surface area contributed by atoms with Gasteiger partial charge in [-0.15, -0.1) is 5.10 Å². The van der Waals surface area contributed by atoms with Crippen LogP contribution >= 0.6 is 11.6 Å². The second-order valence-electron chi connectivity index (χ2n) is 9.99. The van der Waals surface area contributed by atoms with E-state index in [1.807, 2.05) is 24.4 Å². The fraction of sp³-hybridized carbons (Fsp3) is 0.259. The smallest absolute Gasteiger partial charge is 0.412 e. The van der Waals surface area contributed by atoms with Gasteiger partial charge in [-0.05, 0) is 87.7 Å². The summed E-state index contributed by atoms with van der Waals surface area (Å²) in [5, 5.41) is 11.9. The Bertz CT molecular complexity index is 1540. The number of nitrogens with one attached hydrogen (secondary N) is 1. The number of halogens is 1. The molecule has 0 aliphatic carbocycles. The minimum absolute atomic E-state index is 0.166. The molecule has 4 aromatic rings. The van der Waals surface area contributed by atoms with Crippen LogP contribution in [0.4, 0.5) is 16.2 Å². The summed E-state index contributed by atoms with van der Waals surface area (Å²) in [7, 11) is 0. The molecule has 2 aromatic heterocycles. The van der Waals surface area contributed by atoms with Gasteiger partial charge < -0.3 is 15.0 Å². The van der Waals surface area contributed by atoms with E-state index in [9.17, 15) is 9.59 Å². The molecule has 3 heterocycles. The molecule has 0 radical (unpaired) electrons. The maximum atomic E-state index is 13.4. The van der Waals surface area contributed by atoms with Gasteiger partial charge in [0, 0.05) is 28.0 Å². The summed E-state index contributed by atoms with van der Waals surface area (Å²) in [4.78, 5) is 25.8. The molecular formula is C27H27ClN6O3. The van der Waals surface area contributed by atoms with Gasteiger partial charge in [0.2, 0.25) is 0 Å². The van der Waals surface area contributed by atoms with Crippen LogP contribution in [0.1, 0.15) is 44.6 Å². The summed E-state index contributed by atoms with van der Waals surface area (Å²) in [5.74, 6) is 0. The molecule has 2 aromatic carbocycles. The average Bonchev–Trinajstić information content (AvgIpc) is 3.47. The Hall–Kier alpha value is -4.11. The fourth-order valence-corrected chi connectivity index (χ4v) is 4.66. The van der Waals surface area contributed by atoms with Crippen LogP contribution in [0.2, 0.25) is 5.02 Å². The number of benzene rings is 2. The molecule has 1 aliphatic rings. The molecule has 0 spiro atoms. The van der Waals surface area contributed by atoms with Crippen LogP contribution in [0.25, 0.3) is 16.8 Å². The van der Waals surface area contributed by atoms with Crippen molar-refractivity contribution < 1.29 is 9.53 Å². The summed E-state index contributed by atoms with van der Waals surface area (Å²) in [5.41, 5.74) is 9.85. The van der Waals surface area contributed by atoms with Crippen molar-refractivity contribution in [3.63, 3.8) is 0 Å². The number of pyridine rings is 1. The van der Waals surface area contributed by atoms with Crippen LogP contribution in [0.5, 0.6) is 0 Å². The lowest BCUT2D eigenvalue weighted by Crippen LogP contribution is -2.27. The second kappa shape index (κ2) is 9.40. The highest BCUT2D eigenvalue weighted by Gasteiger charge is 2.28. The number of rotatable bonds is 4. The predicted molar refractivity (Wildman–Crippen MR) is 143 cm³/mol. The van der Waals surface area contributed by atoms with Gasteiger partial charge in [-0.3, -0.25) is 10.1 Å². The number of hydrogen-bond acceptors (Lipinski definition) is 6. The highest BCUT2D eigenvalue weighted by molar-refractivity contribution is 6.31. The van der Waals surface area contributed by atoms with Gasteiger partial charge in [-0.2, -0.15) is 0 Å². The standard InChI is InChI=1S/C27H27ClN6O3/c1-27(2,3)37-26(36)30-22-10-4-17(28)14-21(22)16-12-20-9-11-24(34(20)25(35)13-16)23-15-33(32-31-23)19-7-5-18(29)6-8-19/h4-8,10,12-15,24H,9,11,29H2,1-3H3,(H,30,36). The zero-order valence-electron chi connectivity index (χ0n) is 20.7. The number of nitrogens with zero attached hydrogens (tertiary/aromatic N) is 4. The maximum Gasteiger partial charge on any atom is 0.412 e. The highest BCUT2D eigenvalue weighted by Crippen LogP contribution is 2.35. The fourth-order valence-electron chi connectivity index (χ4n) is 4.49. The zero-order valence-corrected chi connectivity index (χ0v) is 21.5. The quantitative estimate of drug-likeness (QED) is 0.358. The van der Waals surface area contributed by atoms with E-state index >= 15 is 0 Å². The molecular weight excluding hydrogens is 492 g/mol. The van der Waals surface area contributed by atoms with Crippen LogP contribution in [-0.4, -0.2) is 31.3 Å². The van der Waals surface area contributed by atoms with Gasteiger partial charge in [0.05, 0.1) is 23.6 Å². The van der Waals surface area contributed by atoms with Gasteiger partial charge in [0.15, 0.2) is 0 Å². The van der Waals surface area contributed by atoms with E-state index in [1.165, 1.54) is 0 Å². The Morgan fingerprint density at radius 1 is 1.14 bits per heavy atom. The Labute approximate surface area is 218 Å². The van der Waals surface area contributed by atoms with Crippen LogP contribution in [0.3, 0.4) is 0 Å². The predicted octanol–water partition coefficient (Wildman–Crippen LogP) is 5.21. The molecule has 9 nitrogen and oxygen atoms in total. The molecule has 10 heteroatoms. The summed E-state index contributed by atoms with van der Waals surface area (Å²) in [6, 6.07) is 15.7. The molecule has 1 atom stereocenters. The molecule has 3 N–H and O–H groups in total. The molecule has 1 amide bonds. The Morgan fingerprint density at radius 3 is 2.62 bits per heavy atom. The molecule has 5 rings (SSSR count). The number of fused-ring (bicyclic) bond motifs is 1. The van der Waals surface area contributed by atoms with Crippen molar-refractivity contribution in [2.45, 2.75) is 45.3 Å². The molecule has 1 unspecified atom stereocenters. The number of anilines is 2. The van der Waals surface area contributed by atoms with E-state index in [0.29, 0.717) is 39.6 Å². The number of ether oxygens (including phenoxy) is 1. The van der Waals surface area contributed by atoms with Crippen LogP contribution in [-0.2, 0) is 11.2 Å². The van der Waals surface area contributed by atoms with Crippen LogP contribution in [0.15, 0.2) is 65.6 Å². The number of nitrogens with two attached hydrogens (primary N) is 1. The third-order valence-electron chi connectivity index (χ3n) is 6.07. The second-order valence-corrected chi connectivity index (χ2v) is 10.4. The van der Waals surface area contributed by atoms with Gasteiger partial charge in [-0.1, -0.05) is 16.8 Å². The van der Waals surface area contributed by atoms with Crippen LogP contribution in [0, 0.1) is 0 Å². The molecule has 0 saturated carbocycles. The Balaban J connectivity index is 1.46. The summed E-state index contributed by atoms with van der Waals surface area (Å²) < 4.78 is 8.82. The monoisotopic (exact) mass is 518 g/mol. The first kappa shape index (κ1) is 24.6. The first-order chi connectivity index (χ1) is 17.6. The van der Waals surface area contributed by atoms with Crippen molar-refractivity contribution >= 4 is 29.1 Å². The largest absolute Gasteiger partial charge is 0.444 e. The van der Waals surface area contributed by atoms with Crippen LogP contribution < -0.4 is 16.6 Å².